The lowest BCUT2D eigenvalue weighted by Gasteiger charge is -2.32. The van der Waals surface area contributed by atoms with Crippen LogP contribution in [-0.4, -0.2) is 22.9 Å². The maximum atomic E-state index is 6.47. The summed E-state index contributed by atoms with van der Waals surface area (Å²) in [6, 6.07) is 44.4. The van der Waals surface area contributed by atoms with E-state index in [1.165, 1.54) is 64.0 Å². The molecule has 6 aromatic carbocycles. The van der Waals surface area contributed by atoms with E-state index < -0.39 is 18.3 Å². The minimum atomic E-state index is -0.415. The lowest BCUT2D eigenvalue weighted by Crippen LogP contribution is -2.41. The number of hydrogen-bond donors (Lipinski definition) is 0. The summed E-state index contributed by atoms with van der Waals surface area (Å²) in [7, 11) is -0.415. The van der Waals surface area contributed by atoms with Crippen molar-refractivity contribution >= 4 is 76.7 Å². The molecule has 0 atom stereocenters. The zero-order chi connectivity index (χ0) is 30.5. The second-order valence-electron chi connectivity index (χ2n) is 13.2. The maximum Gasteiger partial charge on any atom is 0.494 e. The molecule has 0 unspecified atom stereocenters. The lowest BCUT2D eigenvalue weighted by atomic mass is 9.78. The van der Waals surface area contributed by atoms with E-state index in [1.807, 2.05) is 11.3 Å². The van der Waals surface area contributed by atoms with Crippen molar-refractivity contribution in [3.63, 3.8) is 0 Å². The zero-order valence-corrected chi connectivity index (χ0v) is 26.6. The molecule has 5 heteroatoms. The Bertz CT molecular complexity index is 2450. The van der Waals surface area contributed by atoms with Crippen LogP contribution in [0.5, 0.6) is 0 Å². The van der Waals surface area contributed by atoms with Gasteiger partial charge in [0.25, 0.3) is 0 Å². The Kier molecular flexibility index (Phi) is 5.71. The summed E-state index contributed by atoms with van der Waals surface area (Å²) in [6.07, 6.45) is 0. The second-order valence-corrected chi connectivity index (χ2v) is 14.3. The average molecular weight is 602 g/mol. The molecule has 45 heavy (non-hydrogen) atoms. The first-order valence-electron chi connectivity index (χ1n) is 15.6. The van der Waals surface area contributed by atoms with Gasteiger partial charge in [0.15, 0.2) is 0 Å². The van der Waals surface area contributed by atoms with Gasteiger partial charge in [-0.25, -0.2) is 0 Å². The van der Waals surface area contributed by atoms with Crippen molar-refractivity contribution < 1.29 is 9.31 Å². The summed E-state index contributed by atoms with van der Waals surface area (Å²) >= 11 is 1.86. The van der Waals surface area contributed by atoms with Gasteiger partial charge in [0, 0.05) is 36.3 Å². The van der Waals surface area contributed by atoms with Crippen LogP contribution in [0.3, 0.4) is 0 Å². The van der Waals surface area contributed by atoms with E-state index in [1.54, 1.807) is 0 Å². The van der Waals surface area contributed by atoms with Crippen molar-refractivity contribution in [3.8, 4) is 16.8 Å². The molecule has 1 saturated heterocycles. The molecule has 0 amide bonds. The van der Waals surface area contributed by atoms with E-state index in [-0.39, 0.29) is 0 Å². The van der Waals surface area contributed by atoms with Crippen LogP contribution in [-0.2, 0) is 9.31 Å². The number of rotatable bonds is 3. The third-order valence-electron chi connectivity index (χ3n) is 10.0. The van der Waals surface area contributed by atoms with Gasteiger partial charge < -0.3 is 13.9 Å². The second kappa shape index (κ2) is 9.54. The van der Waals surface area contributed by atoms with Crippen LogP contribution in [0.15, 0.2) is 121 Å². The highest BCUT2D eigenvalue weighted by Crippen LogP contribution is 2.41. The number of nitrogens with zero attached hydrogens (tertiary/aromatic N) is 1. The summed E-state index contributed by atoms with van der Waals surface area (Å²) in [5.41, 5.74) is 6.19. The summed E-state index contributed by atoms with van der Waals surface area (Å²) < 4.78 is 18.0. The third kappa shape index (κ3) is 4.04. The highest BCUT2D eigenvalue weighted by atomic mass is 32.1. The van der Waals surface area contributed by atoms with Gasteiger partial charge in [-0.05, 0) is 86.1 Å². The molecule has 0 N–H and O–H groups in total. The third-order valence-corrected chi connectivity index (χ3v) is 11.2. The van der Waals surface area contributed by atoms with Crippen LogP contribution in [0, 0.1) is 0 Å². The van der Waals surface area contributed by atoms with E-state index in [4.69, 9.17) is 9.31 Å². The lowest BCUT2D eigenvalue weighted by molar-refractivity contribution is 0.00578. The molecule has 3 heterocycles. The Morgan fingerprint density at radius 3 is 2.07 bits per heavy atom. The van der Waals surface area contributed by atoms with Crippen LogP contribution in [0.2, 0.25) is 0 Å². The minimum Gasteiger partial charge on any atom is -0.399 e. The Morgan fingerprint density at radius 2 is 1.22 bits per heavy atom. The van der Waals surface area contributed by atoms with Gasteiger partial charge in [-0.15, -0.1) is 11.3 Å². The van der Waals surface area contributed by atoms with Crippen molar-refractivity contribution in [3.05, 3.63) is 121 Å². The SMILES string of the molecule is CC1(C)OB(c2ccc3c(c2)c2ccc(-c4ccc5sc6ccccc6c5c4)cc2n3-c2cccc3ccccc23)OC1(C)C. The van der Waals surface area contributed by atoms with Gasteiger partial charge in [-0.1, -0.05) is 84.9 Å². The van der Waals surface area contributed by atoms with Crippen LogP contribution in [0.25, 0.3) is 69.6 Å². The van der Waals surface area contributed by atoms with Gasteiger partial charge in [-0.3, -0.25) is 0 Å². The van der Waals surface area contributed by atoms with Gasteiger partial charge >= 0.3 is 7.12 Å². The molecule has 2 aromatic heterocycles. The summed E-state index contributed by atoms with van der Waals surface area (Å²) in [6.45, 7) is 8.43. The largest absolute Gasteiger partial charge is 0.494 e. The molecular weight excluding hydrogens is 569 g/mol. The van der Waals surface area contributed by atoms with E-state index in [2.05, 4.69) is 154 Å². The topological polar surface area (TPSA) is 23.4 Å². The molecule has 0 aliphatic carbocycles. The fourth-order valence-electron chi connectivity index (χ4n) is 6.91. The summed E-state index contributed by atoms with van der Waals surface area (Å²) in [5.74, 6) is 0. The number of fused-ring (bicyclic) bond motifs is 7. The fourth-order valence-corrected chi connectivity index (χ4v) is 8.00. The van der Waals surface area contributed by atoms with E-state index in [0.29, 0.717) is 0 Å². The Morgan fingerprint density at radius 1 is 0.533 bits per heavy atom. The number of thiophene rings is 1. The van der Waals surface area contributed by atoms with E-state index >= 15 is 0 Å². The highest BCUT2D eigenvalue weighted by Gasteiger charge is 2.51. The zero-order valence-electron chi connectivity index (χ0n) is 25.8. The molecule has 0 bridgehead atoms. The predicted octanol–water partition coefficient (Wildman–Crippen LogP) is 10.3. The standard InChI is InChI=1S/C40H32BNO2S/c1-39(2)40(3,4)44-41(43-39)28-18-20-35-32(24-28)30-19-16-27(26-17-21-38-33(22-26)31-13-7-8-15-37(31)45-38)23-36(30)42(35)34-14-9-11-25-10-5-6-12-29(25)34/h5-24H,1-4H3. The normalized spacial score (nSPS) is 16.1. The monoisotopic (exact) mass is 601 g/mol. The van der Waals surface area contributed by atoms with Crippen LogP contribution in [0.1, 0.15) is 27.7 Å². The molecule has 1 fully saturated rings. The quantitative estimate of drug-likeness (QED) is 0.188. The van der Waals surface area contributed by atoms with Gasteiger partial charge in [-0.2, -0.15) is 0 Å². The van der Waals surface area contributed by atoms with Crippen molar-refractivity contribution in [2.75, 3.05) is 0 Å². The Hall–Kier alpha value is -4.42. The number of aromatic nitrogens is 1. The van der Waals surface area contributed by atoms with Gasteiger partial charge in [0.1, 0.15) is 0 Å². The van der Waals surface area contributed by atoms with Crippen molar-refractivity contribution in [2.45, 2.75) is 38.9 Å². The van der Waals surface area contributed by atoms with Gasteiger partial charge in [0.2, 0.25) is 0 Å². The number of benzene rings is 6. The molecule has 9 rings (SSSR count). The average Bonchev–Trinajstić information content (AvgIpc) is 3.65. The smallest absolute Gasteiger partial charge is 0.399 e. The molecule has 0 saturated carbocycles. The molecule has 1 aliphatic heterocycles. The highest BCUT2D eigenvalue weighted by molar-refractivity contribution is 7.25. The molecule has 1 aliphatic rings. The van der Waals surface area contributed by atoms with Crippen molar-refractivity contribution in [2.24, 2.45) is 0 Å². The summed E-state index contributed by atoms with van der Waals surface area (Å²) in [5, 5.41) is 7.49. The first kappa shape index (κ1) is 26.9. The first-order chi connectivity index (χ1) is 21.8. The van der Waals surface area contributed by atoms with E-state index in [9.17, 15) is 0 Å². The minimum absolute atomic E-state index is 0.395. The molecule has 218 valence electrons. The molecule has 0 radical (unpaired) electrons. The maximum absolute atomic E-state index is 6.47. The molecular formula is C40H32BNO2S. The van der Waals surface area contributed by atoms with Gasteiger partial charge in [0.05, 0.1) is 27.9 Å². The summed E-state index contributed by atoms with van der Waals surface area (Å²) in [4.78, 5) is 0. The van der Waals surface area contributed by atoms with E-state index in [0.717, 1.165) is 11.0 Å². The Labute approximate surface area is 266 Å². The van der Waals surface area contributed by atoms with Crippen LogP contribution in [0.4, 0.5) is 0 Å². The molecule has 8 aromatic rings. The predicted molar refractivity (Wildman–Crippen MR) is 192 cm³/mol. The molecule has 3 nitrogen and oxygen atoms in total. The van der Waals surface area contributed by atoms with Crippen LogP contribution < -0.4 is 5.46 Å². The fraction of sp³-hybridized carbons (Fsp3) is 0.150. The first-order valence-corrected chi connectivity index (χ1v) is 16.4. The van der Waals surface area contributed by atoms with Crippen molar-refractivity contribution in [1.29, 1.82) is 0 Å². The Balaban J connectivity index is 1.29. The van der Waals surface area contributed by atoms with Crippen LogP contribution >= 0.6 is 11.3 Å². The number of hydrogen-bond acceptors (Lipinski definition) is 3. The molecule has 0 spiro atoms. The van der Waals surface area contributed by atoms with Crippen molar-refractivity contribution in [1.82, 2.24) is 4.57 Å².